The highest BCUT2D eigenvalue weighted by atomic mass is 35.5. The number of sulfone groups is 1. The zero-order chi connectivity index (χ0) is 22.9. The third-order valence-electron chi connectivity index (χ3n) is 3.81. The predicted molar refractivity (Wildman–Crippen MR) is 107 cm³/mol. The monoisotopic (exact) mass is 482 g/mol. The van der Waals surface area contributed by atoms with E-state index < -0.39 is 30.3 Å². The molecule has 0 fully saturated rings. The predicted octanol–water partition coefficient (Wildman–Crippen LogP) is 2.65. The Morgan fingerprint density at radius 3 is 2.13 bits per heavy atom. The lowest BCUT2D eigenvalue weighted by molar-refractivity contribution is -0.408. The van der Waals surface area contributed by atoms with Gasteiger partial charge in [0.15, 0.2) is 5.71 Å². The zero-order valence-electron chi connectivity index (χ0n) is 15.6. The van der Waals surface area contributed by atoms with Crippen molar-refractivity contribution in [3.63, 3.8) is 0 Å². The van der Waals surface area contributed by atoms with E-state index in [2.05, 4.69) is 4.40 Å². The number of aryl methyl sites for hydroxylation is 1. The van der Waals surface area contributed by atoms with Crippen LogP contribution in [0, 0.1) is 6.92 Å². The summed E-state index contributed by atoms with van der Waals surface area (Å²) >= 11 is 5.95. The van der Waals surface area contributed by atoms with Crippen LogP contribution >= 0.6 is 11.6 Å². The lowest BCUT2D eigenvalue weighted by Gasteiger charge is -2.12. The van der Waals surface area contributed by atoms with Crippen LogP contribution in [0.2, 0.25) is 5.02 Å². The fourth-order valence-electron chi connectivity index (χ4n) is 2.46. The second-order valence-electron chi connectivity index (χ2n) is 6.14. The molecule has 0 aliphatic heterocycles. The molecule has 30 heavy (non-hydrogen) atoms. The fraction of sp³-hybridized carbons (Fsp3) is 0.176. The Morgan fingerprint density at radius 1 is 1.10 bits per heavy atom. The van der Waals surface area contributed by atoms with E-state index in [-0.39, 0.29) is 11.3 Å². The molecule has 2 N–H and O–H groups in total. The molecule has 162 valence electrons. The minimum Gasteiger partial charge on any atom is -0.269 e. The standard InChI is InChI=1S/C17H16ClF3N3O4S2/c1-11-9-13(18)5-8-15(11)16(24(22)10-23-29(2,25)26)12-3-6-14(7-4-12)30(27,28)17(19,20)21/h3-10H,22H2,1-2H3/q+1. The molecule has 0 aliphatic carbocycles. The maximum Gasteiger partial charge on any atom is 0.501 e. The van der Waals surface area contributed by atoms with Gasteiger partial charge in [-0.25, -0.2) is 8.42 Å². The summed E-state index contributed by atoms with van der Waals surface area (Å²) in [5, 5.41) is 0.413. The number of hydrogen-bond acceptors (Lipinski definition) is 5. The van der Waals surface area contributed by atoms with Crippen LogP contribution in [0.5, 0.6) is 0 Å². The Morgan fingerprint density at radius 2 is 1.67 bits per heavy atom. The number of nitrogens with two attached hydrogens (primary N) is 1. The van der Waals surface area contributed by atoms with Crippen molar-refractivity contribution in [1.29, 1.82) is 0 Å². The van der Waals surface area contributed by atoms with Crippen LogP contribution in [0.15, 0.2) is 51.8 Å². The minimum absolute atomic E-state index is 0.160. The summed E-state index contributed by atoms with van der Waals surface area (Å²) in [5.74, 6) is 5.94. The lowest BCUT2D eigenvalue weighted by atomic mass is 9.98. The van der Waals surface area contributed by atoms with Gasteiger partial charge in [-0.05, 0) is 55.0 Å². The van der Waals surface area contributed by atoms with Gasteiger partial charge in [0.1, 0.15) is 0 Å². The van der Waals surface area contributed by atoms with E-state index in [1.807, 2.05) is 0 Å². The molecule has 2 aromatic rings. The van der Waals surface area contributed by atoms with Crippen LogP contribution < -0.4 is 5.84 Å². The average Bonchev–Trinajstić information content (AvgIpc) is 2.61. The summed E-state index contributed by atoms with van der Waals surface area (Å²) in [6.07, 6.45) is 1.67. The SMILES string of the molecule is Cc1cc(Cl)ccc1C(c1ccc(S(=O)(=O)C(F)(F)F)cc1)=[N+](N)C=NS(C)(=O)=O. The van der Waals surface area contributed by atoms with Gasteiger partial charge in [0.2, 0.25) is 0 Å². The molecule has 0 bridgehead atoms. The second-order valence-corrected chi connectivity index (χ2v) is 10.2. The Kier molecular flexibility index (Phi) is 6.64. The van der Waals surface area contributed by atoms with Crippen molar-refractivity contribution in [3.8, 4) is 0 Å². The van der Waals surface area contributed by atoms with Crippen molar-refractivity contribution in [2.45, 2.75) is 17.3 Å². The van der Waals surface area contributed by atoms with Gasteiger partial charge in [0, 0.05) is 20.5 Å². The van der Waals surface area contributed by atoms with E-state index in [0.717, 1.165) is 41.5 Å². The molecule has 0 spiro atoms. The number of alkyl halides is 3. The molecule has 13 heteroatoms. The molecular weight excluding hydrogens is 467 g/mol. The number of sulfonamides is 1. The molecule has 0 aromatic heterocycles. The van der Waals surface area contributed by atoms with Crippen LogP contribution in [-0.2, 0) is 19.9 Å². The average molecular weight is 483 g/mol. The maximum atomic E-state index is 12.8. The number of hydrogen-bond donors (Lipinski definition) is 1. The van der Waals surface area contributed by atoms with Crippen molar-refractivity contribution < 1.29 is 34.7 Å². The molecule has 0 saturated carbocycles. The summed E-state index contributed by atoms with van der Waals surface area (Å²) < 4.78 is 88.3. The van der Waals surface area contributed by atoms with Gasteiger partial charge in [0.05, 0.1) is 11.2 Å². The first-order chi connectivity index (χ1) is 13.6. The highest BCUT2D eigenvalue weighted by Gasteiger charge is 2.46. The fourth-order valence-corrected chi connectivity index (χ4v) is 3.72. The molecule has 2 rings (SSSR count). The Bertz CT molecular complexity index is 1240. The third kappa shape index (κ3) is 5.37. The summed E-state index contributed by atoms with van der Waals surface area (Å²) in [6, 6.07) is 8.51. The van der Waals surface area contributed by atoms with Gasteiger partial charge in [0.25, 0.3) is 9.84 Å². The van der Waals surface area contributed by atoms with Crippen molar-refractivity contribution >= 4 is 43.5 Å². The summed E-state index contributed by atoms with van der Waals surface area (Å²) in [4.78, 5) is -0.945. The van der Waals surface area contributed by atoms with Crippen molar-refractivity contribution in [2.75, 3.05) is 6.26 Å². The Balaban J connectivity index is 2.71. The normalized spacial score (nSPS) is 14.1. The van der Waals surface area contributed by atoms with Crippen LogP contribution in [0.1, 0.15) is 16.7 Å². The molecule has 0 unspecified atom stereocenters. The van der Waals surface area contributed by atoms with Gasteiger partial charge >= 0.3 is 21.9 Å². The zero-order valence-corrected chi connectivity index (χ0v) is 17.9. The minimum atomic E-state index is -5.52. The maximum absolute atomic E-state index is 12.8. The first kappa shape index (κ1) is 23.8. The van der Waals surface area contributed by atoms with Gasteiger partial charge in [-0.1, -0.05) is 11.6 Å². The van der Waals surface area contributed by atoms with Gasteiger partial charge in [-0.15, -0.1) is 4.68 Å². The molecule has 0 atom stereocenters. The molecule has 0 amide bonds. The van der Waals surface area contributed by atoms with Crippen molar-refractivity contribution in [2.24, 2.45) is 10.2 Å². The van der Waals surface area contributed by atoms with Crippen LogP contribution in [-0.4, -0.2) is 45.3 Å². The number of rotatable bonds is 5. The van der Waals surface area contributed by atoms with Crippen molar-refractivity contribution in [1.82, 2.24) is 0 Å². The van der Waals surface area contributed by atoms with E-state index in [0.29, 0.717) is 16.1 Å². The largest absolute Gasteiger partial charge is 0.501 e. The van der Waals surface area contributed by atoms with Gasteiger partial charge < -0.3 is 0 Å². The molecule has 0 saturated heterocycles. The van der Waals surface area contributed by atoms with E-state index >= 15 is 0 Å². The molecule has 0 aliphatic rings. The molecule has 0 radical (unpaired) electrons. The highest BCUT2D eigenvalue weighted by molar-refractivity contribution is 7.92. The van der Waals surface area contributed by atoms with Gasteiger partial charge in [-0.2, -0.15) is 21.6 Å². The van der Waals surface area contributed by atoms with Crippen LogP contribution in [0.25, 0.3) is 0 Å². The number of hydrazine groups is 1. The Hall–Kier alpha value is -2.44. The topological polar surface area (TPSA) is 110 Å². The first-order valence-corrected chi connectivity index (χ1v) is 11.7. The summed E-state index contributed by atoms with van der Waals surface area (Å²) in [5.41, 5.74) is -3.99. The van der Waals surface area contributed by atoms with E-state index in [9.17, 15) is 30.0 Å². The quantitative estimate of drug-likeness (QED) is 0.232. The van der Waals surface area contributed by atoms with Crippen LogP contribution in [0.3, 0.4) is 0 Å². The first-order valence-electron chi connectivity index (χ1n) is 7.98. The molecular formula is C17H16ClF3N3O4S2+. The van der Waals surface area contributed by atoms with E-state index in [1.165, 1.54) is 6.07 Å². The third-order valence-corrected chi connectivity index (χ3v) is 6.02. The molecule has 2 aromatic carbocycles. The smallest absolute Gasteiger partial charge is 0.269 e. The lowest BCUT2D eigenvalue weighted by Crippen LogP contribution is -2.29. The van der Waals surface area contributed by atoms with Crippen molar-refractivity contribution in [3.05, 3.63) is 64.2 Å². The highest BCUT2D eigenvalue weighted by Crippen LogP contribution is 2.30. The van der Waals surface area contributed by atoms with Crippen LogP contribution in [0.4, 0.5) is 13.2 Å². The van der Waals surface area contributed by atoms with E-state index in [4.69, 9.17) is 17.4 Å². The Labute approximate surface area is 176 Å². The number of halogens is 4. The second kappa shape index (κ2) is 8.36. The summed E-state index contributed by atoms with van der Waals surface area (Å²) in [6.45, 7) is 1.69. The summed E-state index contributed by atoms with van der Waals surface area (Å²) in [7, 11) is -9.29. The molecule has 0 heterocycles. The van der Waals surface area contributed by atoms with Gasteiger partial charge in [-0.3, -0.25) is 5.84 Å². The number of nitrogens with zero attached hydrogens (tertiary/aromatic N) is 2. The number of hydrazone groups is 1. The number of benzene rings is 2. The molecule has 7 nitrogen and oxygen atoms in total. The van der Waals surface area contributed by atoms with E-state index in [1.54, 1.807) is 19.1 Å².